The van der Waals surface area contributed by atoms with Crippen LogP contribution in [0.3, 0.4) is 0 Å². The molecule has 2 aromatic rings. The van der Waals surface area contributed by atoms with E-state index in [0.717, 1.165) is 0 Å². The van der Waals surface area contributed by atoms with Gasteiger partial charge in [0, 0.05) is 11.8 Å². The Morgan fingerprint density at radius 1 is 1.41 bits per heavy atom. The van der Waals surface area contributed by atoms with Crippen LogP contribution in [0.1, 0.15) is 39.3 Å². The Labute approximate surface area is 170 Å². The lowest BCUT2D eigenvalue weighted by atomic mass is 9.84. The van der Waals surface area contributed by atoms with Crippen LogP contribution in [-0.2, 0) is 25.6 Å². The van der Waals surface area contributed by atoms with Gasteiger partial charge in [-0.15, -0.1) is 0 Å². The predicted octanol–water partition coefficient (Wildman–Crippen LogP) is 2.77. The maximum atomic E-state index is 14.3. The minimum Gasteiger partial charge on any atom is -0.382 e. The van der Waals surface area contributed by atoms with E-state index in [1.165, 1.54) is 12.7 Å². The van der Waals surface area contributed by atoms with Gasteiger partial charge in [-0.25, -0.2) is 23.7 Å². The first-order valence-corrected chi connectivity index (χ1v) is 11.7. The van der Waals surface area contributed by atoms with Crippen LogP contribution >= 0.6 is 6.72 Å². The van der Waals surface area contributed by atoms with Crippen molar-refractivity contribution in [3.8, 4) is 0 Å². The molecule has 0 amide bonds. The summed E-state index contributed by atoms with van der Waals surface area (Å²) in [6.07, 6.45) is 0.192. The summed E-state index contributed by atoms with van der Waals surface area (Å²) >= 11 is 4.95. The molecular weight excluding hydrogens is 427 g/mol. The number of hydrogen-bond donors (Lipinski definition) is 2. The Morgan fingerprint density at radius 2 is 2.14 bits per heavy atom. The quantitative estimate of drug-likeness (QED) is 0.615. The number of hydrogen-bond acceptors (Lipinski definition) is 8. The van der Waals surface area contributed by atoms with E-state index >= 15 is 0 Å². The van der Waals surface area contributed by atoms with Crippen LogP contribution in [0.2, 0.25) is 0 Å². The first-order chi connectivity index (χ1) is 13.6. The number of aromatic nitrogens is 4. The van der Waals surface area contributed by atoms with E-state index < -0.39 is 43.1 Å². The van der Waals surface area contributed by atoms with Crippen molar-refractivity contribution in [1.82, 2.24) is 19.5 Å². The molecule has 1 aliphatic carbocycles. The second-order valence-electron chi connectivity index (χ2n) is 7.73. The molecule has 13 heteroatoms. The normalized spacial score (nSPS) is 27.9. The summed E-state index contributed by atoms with van der Waals surface area (Å²) in [7, 11) is 0. The van der Waals surface area contributed by atoms with Gasteiger partial charge in [0.15, 0.2) is 17.1 Å². The molecule has 1 unspecified atom stereocenters. The molecule has 0 bridgehead atoms. The Hall–Kier alpha value is -1.30. The average molecular weight is 449 g/mol. The topological polar surface area (TPSA) is 118 Å². The Bertz CT molecular complexity index is 972. The molecule has 1 aliphatic heterocycles. The largest absolute Gasteiger partial charge is 0.382 e. The molecule has 3 atom stereocenters. The Balaban J connectivity index is 1.63. The number of rotatable bonds is 7. The monoisotopic (exact) mass is 449 g/mol. The lowest BCUT2D eigenvalue weighted by Gasteiger charge is -2.34. The molecule has 1 saturated heterocycles. The van der Waals surface area contributed by atoms with Gasteiger partial charge in [0.05, 0.1) is 19.0 Å². The lowest BCUT2D eigenvalue weighted by Crippen LogP contribution is -2.48. The SMILES string of the molecule is CC(C)OP(O)(=S)OC[C@@]1(C(F)F)O[C@@H](n2cnc3c(N)ncnc32)CC12CC2. The molecule has 4 rings (SSSR count). The van der Waals surface area contributed by atoms with Crippen molar-refractivity contribution >= 4 is 35.5 Å². The van der Waals surface area contributed by atoms with Crippen LogP contribution in [0.5, 0.6) is 0 Å². The van der Waals surface area contributed by atoms with Crippen LogP contribution in [0.4, 0.5) is 14.6 Å². The van der Waals surface area contributed by atoms with Crippen molar-refractivity contribution in [2.24, 2.45) is 5.41 Å². The van der Waals surface area contributed by atoms with Gasteiger partial charge in [-0.2, -0.15) is 0 Å². The number of nitrogen functional groups attached to an aromatic ring is 1. The number of nitrogens with zero attached hydrogens (tertiary/aromatic N) is 4. The molecule has 2 aromatic heterocycles. The van der Waals surface area contributed by atoms with E-state index in [-0.39, 0.29) is 5.82 Å². The van der Waals surface area contributed by atoms with Crippen LogP contribution in [-0.4, -0.2) is 49.1 Å². The summed E-state index contributed by atoms with van der Waals surface area (Å²) in [6, 6.07) is 0. The standard InChI is InChI=1S/C16H22F2N5O4PS/c1-9(2)27-28(24,29)25-6-16(14(17)18)15(3-4-15)5-10(26-16)23-8-22-11-12(19)20-7-21-13(11)23/h7-10,14H,3-6H2,1-2H3,(H,24,29)(H2,19,20,21)/t10-,16+,28?/m1/s1. The van der Waals surface area contributed by atoms with E-state index in [0.29, 0.717) is 30.4 Å². The first-order valence-electron chi connectivity index (χ1n) is 9.14. The van der Waals surface area contributed by atoms with Crippen LogP contribution < -0.4 is 5.73 Å². The zero-order valence-corrected chi connectivity index (χ0v) is 17.6. The number of alkyl halides is 2. The second-order valence-corrected chi connectivity index (χ2v) is 10.5. The lowest BCUT2D eigenvalue weighted by molar-refractivity contribution is -0.185. The van der Waals surface area contributed by atoms with Gasteiger partial charge in [-0.3, -0.25) is 4.57 Å². The summed E-state index contributed by atoms with van der Waals surface area (Å²) in [4.78, 5) is 22.4. The van der Waals surface area contributed by atoms with Crippen molar-refractivity contribution in [1.29, 1.82) is 0 Å². The number of anilines is 1. The van der Waals surface area contributed by atoms with Crippen molar-refractivity contribution in [3.63, 3.8) is 0 Å². The molecular formula is C16H22F2N5O4PS. The van der Waals surface area contributed by atoms with Gasteiger partial charge in [0.1, 0.15) is 18.1 Å². The maximum Gasteiger partial charge on any atom is 0.324 e. The average Bonchev–Trinajstić information content (AvgIpc) is 3.12. The van der Waals surface area contributed by atoms with Crippen molar-refractivity contribution < 1.29 is 27.5 Å². The maximum absolute atomic E-state index is 14.3. The van der Waals surface area contributed by atoms with E-state index in [1.807, 2.05) is 0 Å². The molecule has 9 nitrogen and oxygen atoms in total. The van der Waals surface area contributed by atoms with Gasteiger partial charge in [-0.05, 0) is 38.5 Å². The number of ether oxygens (including phenoxy) is 1. The zero-order chi connectivity index (χ0) is 21.0. The fraction of sp³-hybridized carbons (Fsp3) is 0.688. The first kappa shape index (κ1) is 21.0. The molecule has 1 spiro atoms. The molecule has 0 aromatic carbocycles. The Morgan fingerprint density at radius 3 is 2.76 bits per heavy atom. The molecule has 0 radical (unpaired) electrons. The summed E-state index contributed by atoms with van der Waals surface area (Å²) in [5, 5.41) is 0. The third-order valence-corrected chi connectivity index (χ3v) is 7.22. The number of halogens is 2. The summed E-state index contributed by atoms with van der Waals surface area (Å²) in [5.74, 6) is 0.197. The van der Waals surface area contributed by atoms with E-state index in [2.05, 4.69) is 15.0 Å². The second kappa shape index (κ2) is 7.14. The Kier molecular flexibility index (Phi) is 5.16. The molecule has 1 saturated carbocycles. The number of fused-ring (bicyclic) bond motifs is 1. The summed E-state index contributed by atoms with van der Waals surface area (Å²) in [6.45, 7) is -0.893. The number of imidazole rings is 1. The fourth-order valence-electron chi connectivity index (χ4n) is 3.94. The third kappa shape index (κ3) is 3.55. The molecule has 29 heavy (non-hydrogen) atoms. The van der Waals surface area contributed by atoms with Gasteiger partial charge in [-0.1, -0.05) is 0 Å². The summed E-state index contributed by atoms with van der Waals surface area (Å²) in [5.41, 5.74) is 3.89. The minimum absolute atomic E-state index is 0.197. The third-order valence-electron chi connectivity index (χ3n) is 5.50. The van der Waals surface area contributed by atoms with E-state index in [4.69, 9.17) is 31.3 Å². The highest BCUT2D eigenvalue weighted by atomic mass is 32.5. The van der Waals surface area contributed by atoms with Crippen LogP contribution in [0.15, 0.2) is 12.7 Å². The fourth-order valence-corrected chi connectivity index (χ4v) is 5.56. The van der Waals surface area contributed by atoms with Crippen LogP contribution in [0, 0.1) is 5.41 Å². The van der Waals surface area contributed by atoms with Crippen LogP contribution in [0.25, 0.3) is 11.2 Å². The van der Waals surface area contributed by atoms with Gasteiger partial charge in [0.25, 0.3) is 6.43 Å². The highest BCUT2D eigenvalue weighted by Crippen LogP contribution is 2.68. The molecule has 2 aliphatic rings. The van der Waals surface area contributed by atoms with Crippen molar-refractivity contribution in [2.75, 3.05) is 12.3 Å². The number of nitrogens with two attached hydrogens (primary N) is 1. The van der Waals surface area contributed by atoms with Gasteiger partial charge < -0.3 is 24.4 Å². The van der Waals surface area contributed by atoms with E-state index in [9.17, 15) is 13.7 Å². The smallest absolute Gasteiger partial charge is 0.324 e. The molecule has 2 fully saturated rings. The van der Waals surface area contributed by atoms with Crippen molar-refractivity contribution in [2.45, 2.75) is 57.5 Å². The van der Waals surface area contributed by atoms with Gasteiger partial charge >= 0.3 is 6.72 Å². The predicted molar refractivity (Wildman–Crippen MR) is 104 cm³/mol. The molecule has 3 N–H and O–H groups in total. The highest BCUT2D eigenvalue weighted by Gasteiger charge is 2.71. The summed E-state index contributed by atoms with van der Waals surface area (Å²) < 4.78 is 46.7. The highest BCUT2D eigenvalue weighted by molar-refractivity contribution is 8.07. The van der Waals surface area contributed by atoms with E-state index in [1.54, 1.807) is 18.4 Å². The molecule has 3 heterocycles. The minimum atomic E-state index is -3.67. The zero-order valence-electron chi connectivity index (χ0n) is 15.9. The molecule has 160 valence electrons. The van der Waals surface area contributed by atoms with Crippen molar-refractivity contribution in [3.05, 3.63) is 12.7 Å². The van der Waals surface area contributed by atoms with Gasteiger partial charge in [0.2, 0.25) is 0 Å².